The molecular formula is C12H15BrN2O2S. The second-order valence-electron chi connectivity index (χ2n) is 5.04. The fraction of sp³-hybridized carbons (Fsp3) is 0.500. The second-order valence-corrected chi connectivity index (χ2v) is 7.94. The van der Waals surface area contributed by atoms with Gasteiger partial charge < -0.3 is 5.32 Å². The monoisotopic (exact) mass is 330 g/mol. The number of hydrogen-bond donors (Lipinski definition) is 1. The number of nitrogens with zero attached hydrogens (tertiary/aromatic N) is 1. The van der Waals surface area contributed by atoms with Crippen LogP contribution in [0.1, 0.15) is 11.5 Å². The molecule has 3 heterocycles. The summed E-state index contributed by atoms with van der Waals surface area (Å²) in [6.45, 7) is 1.16. The largest absolute Gasteiger partial charge is 0.307 e. The van der Waals surface area contributed by atoms with Crippen LogP contribution in [0.5, 0.6) is 0 Å². The summed E-state index contributed by atoms with van der Waals surface area (Å²) in [5, 5.41) is 3.43. The van der Waals surface area contributed by atoms with E-state index in [0.29, 0.717) is 19.0 Å². The molecule has 0 aliphatic carbocycles. The van der Waals surface area contributed by atoms with Crippen LogP contribution < -0.4 is 5.32 Å². The van der Waals surface area contributed by atoms with Crippen molar-refractivity contribution in [1.29, 1.82) is 0 Å². The van der Waals surface area contributed by atoms with Crippen LogP contribution in [0, 0.1) is 0 Å². The topological polar surface area (TPSA) is 49.4 Å². The first-order valence-electron chi connectivity index (χ1n) is 5.92. The molecule has 0 radical (unpaired) electrons. The third-order valence-corrected chi connectivity index (χ3v) is 5.58. The Morgan fingerprint density at radius 3 is 2.28 bits per heavy atom. The van der Waals surface area contributed by atoms with Crippen LogP contribution in [0.15, 0.2) is 28.7 Å². The molecule has 2 atom stereocenters. The van der Waals surface area contributed by atoms with Gasteiger partial charge in [-0.1, -0.05) is 28.1 Å². The van der Waals surface area contributed by atoms with Crippen molar-refractivity contribution in [3.05, 3.63) is 34.3 Å². The van der Waals surface area contributed by atoms with Crippen molar-refractivity contribution in [2.45, 2.75) is 18.0 Å². The molecule has 0 spiro atoms. The lowest BCUT2D eigenvalue weighted by molar-refractivity contribution is 0.102. The highest BCUT2D eigenvalue weighted by molar-refractivity contribution is 9.10. The summed E-state index contributed by atoms with van der Waals surface area (Å²) >= 11 is 3.43. The highest BCUT2D eigenvalue weighted by Gasteiger charge is 2.48. The number of sulfonamides is 1. The predicted molar refractivity (Wildman–Crippen MR) is 74.0 cm³/mol. The first kappa shape index (κ1) is 12.6. The fourth-order valence-corrected chi connectivity index (χ4v) is 4.04. The summed E-state index contributed by atoms with van der Waals surface area (Å²) in [5.74, 6) is 0.441. The molecule has 1 aromatic rings. The maximum absolute atomic E-state index is 11.5. The zero-order valence-corrected chi connectivity index (χ0v) is 12.4. The van der Waals surface area contributed by atoms with E-state index in [9.17, 15) is 8.42 Å². The van der Waals surface area contributed by atoms with E-state index in [1.54, 1.807) is 4.31 Å². The van der Waals surface area contributed by atoms with Crippen LogP contribution >= 0.6 is 15.9 Å². The molecule has 3 aliphatic rings. The summed E-state index contributed by atoms with van der Waals surface area (Å²) in [5.41, 5.74) is 1.29. The molecule has 3 aliphatic heterocycles. The predicted octanol–water partition coefficient (Wildman–Crippen LogP) is 1.15. The Labute approximate surface area is 116 Å². The second kappa shape index (κ2) is 4.30. The number of halogens is 1. The zero-order valence-electron chi connectivity index (χ0n) is 10.0. The van der Waals surface area contributed by atoms with Gasteiger partial charge in [-0.2, -0.15) is 4.31 Å². The maximum Gasteiger partial charge on any atom is 0.211 e. The molecule has 1 aromatic carbocycles. The molecular weight excluding hydrogens is 316 g/mol. The molecule has 0 saturated carbocycles. The summed E-state index contributed by atoms with van der Waals surface area (Å²) in [7, 11) is -3.05. The molecule has 1 N–H and O–H groups in total. The first-order chi connectivity index (χ1) is 8.45. The number of rotatable bonds is 2. The summed E-state index contributed by atoms with van der Waals surface area (Å²) < 4.78 is 25.7. The van der Waals surface area contributed by atoms with Gasteiger partial charge in [-0.05, 0) is 17.7 Å². The summed E-state index contributed by atoms with van der Waals surface area (Å²) in [4.78, 5) is 0. The van der Waals surface area contributed by atoms with Gasteiger partial charge in [-0.15, -0.1) is 0 Å². The third kappa shape index (κ3) is 2.11. The molecule has 4 rings (SSSR count). The lowest BCUT2D eigenvalue weighted by atomic mass is 9.75. The number of piperazine rings is 1. The van der Waals surface area contributed by atoms with Gasteiger partial charge in [0.1, 0.15) is 0 Å². The van der Waals surface area contributed by atoms with Crippen molar-refractivity contribution in [1.82, 2.24) is 9.62 Å². The normalized spacial score (nSPS) is 32.0. The molecule has 3 saturated heterocycles. The van der Waals surface area contributed by atoms with Gasteiger partial charge >= 0.3 is 0 Å². The quantitative estimate of drug-likeness (QED) is 0.884. The van der Waals surface area contributed by atoms with E-state index < -0.39 is 10.0 Å². The number of nitrogens with one attached hydrogen (secondary N) is 1. The van der Waals surface area contributed by atoms with E-state index in [1.165, 1.54) is 11.8 Å². The standard InChI is InChI=1S/C12H15BrN2O2S/c1-18(16,17)15-6-10-12(11(7-15)14-10)8-2-4-9(13)5-3-8/h2-5,10-12,14H,6-7H2,1H3. The minimum Gasteiger partial charge on any atom is -0.307 e. The van der Waals surface area contributed by atoms with E-state index >= 15 is 0 Å². The van der Waals surface area contributed by atoms with Crippen molar-refractivity contribution in [2.24, 2.45) is 0 Å². The van der Waals surface area contributed by atoms with Gasteiger partial charge in [0.2, 0.25) is 10.0 Å². The van der Waals surface area contributed by atoms with Crippen molar-refractivity contribution in [3.8, 4) is 0 Å². The molecule has 0 aromatic heterocycles. The first-order valence-corrected chi connectivity index (χ1v) is 8.56. The summed E-state index contributed by atoms with van der Waals surface area (Å²) in [6.07, 6.45) is 1.28. The SMILES string of the molecule is CS(=O)(=O)N1CC2NC(C1)C2c1ccc(Br)cc1. The molecule has 4 nitrogen and oxygen atoms in total. The van der Waals surface area contributed by atoms with Crippen LogP contribution in [-0.2, 0) is 10.0 Å². The van der Waals surface area contributed by atoms with Crippen LogP contribution in [0.3, 0.4) is 0 Å². The Morgan fingerprint density at radius 1 is 1.22 bits per heavy atom. The number of benzene rings is 1. The molecule has 6 heteroatoms. The highest BCUT2D eigenvalue weighted by Crippen LogP contribution is 2.37. The molecule has 98 valence electrons. The van der Waals surface area contributed by atoms with Crippen molar-refractivity contribution >= 4 is 26.0 Å². The van der Waals surface area contributed by atoms with Crippen LogP contribution in [0.25, 0.3) is 0 Å². The Kier molecular flexibility index (Phi) is 3.01. The number of piperidine rings is 1. The van der Waals surface area contributed by atoms with Gasteiger partial charge in [0.15, 0.2) is 0 Å². The average Bonchev–Trinajstić information content (AvgIpc) is 2.31. The highest BCUT2D eigenvalue weighted by atomic mass is 79.9. The van der Waals surface area contributed by atoms with E-state index in [0.717, 1.165) is 4.47 Å². The Balaban J connectivity index is 1.78. The van der Waals surface area contributed by atoms with Crippen molar-refractivity contribution < 1.29 is 8.42 Å². The van der Waals surface area contributed by atoms with Crippen molar-refractivity contribution in [3.63, 3.8) is 0 Å². The van der Waals surface area contributed by atoms with Crippen LogP contribution in [-0.4, -0.2) is 44.2 Å². The lowest BCUT2D eigenvalue weighted by Gasteiger charge is -2.54. The minimum absolute atomic E-state index is 0.250. The van der Waals surface area contributed by atoms with Gasteiger partial charge in [0, 0.05) is 35.6 Å². The van der Waals surface area contributed by atoms with Crippen LogP contribution in [0.2, 0.25) is 0 Å². The molecule has 2 bridgehead atoms. The molecule has 18 heavy (non-hydrogen) atoms. The van der Waals surface area contributed by atoms with Gasteiger partial charge in [0.05, 0.1) is 6.26 Å². The van der Waals surface area contributed by atoms with Crippen molar-refractivity contribution in [2.75, 3.05) is 19.3 Å². The average molecular weight is 331 g/mol. The van der Waals surface area contributed by atoms with Gasteiger partial charge in [-0.25, -0.2) is 8.42 Å². The number of hydrogen-bond acceptors (Lipinski definition) is 3. The maximum atomic E-state index is 11.5. The van der Waals surface area contributed by atoms with E-state index in [-0.39, 0.29) is 12.1 Å². The number of fused-ring (bicyclic) bond motifs is 2. The van der Waals surface area contributed by atoms with E-state index in [4.69, 9.17) is 0 Å². The smallest absolute Gasteiger partial charge is 0.211 e. The molecule has 2 unspecified atom stereocenters. The minimum atomic E-state index is -3.05. The van der Waals surface area contributed by atoms with Gasteiger partial charge in [0.25, 0.3) is 0 Å². The van der Waals surface area contributed by atoms with E-state index in [2.05, 4.69) is 33.4 Å². The van der Waals surface area contributed by atoms with Gasteiger partial charge in [-0.3, -0.25) is 0 Å². The Hall–Kier alpha value is -0.430. The van der Waals surface area contributed by atoms with Crippen LogP contribution in [0.4, 0.5) is 0 Å². The van der Waals surface area contributed by atoms with E-state index in [1.807, 2.05) is 12.1 Å². The fourth-order valence-electron chi connectivity index (χ4n) is 2.91. The Bertz CT molecular complexity index is 546. The molecule has 3 fully saturated rings. The lowest BCUT2D eigenvalue weighted by Crippen LogP contribution is -2.72. The summed E-state index contributed by atoms with van der Waals surface area (Å²) in [6, 6.07) is 8.81. The zero-order chi connectivity index (χ0) is 12.9. The molecule has 0 amide bonds. The Morgan fingerprint density at radius 2 is 1.78 bits per heavy atom. The third-order valence-electron chi connectivity index (χ3n) is 3.82.